The second-order valence-corrected chi connectivity index (χ2v) is 3.12. The highest BCUT2D eigenvalue weighted by Crippen LogP contribution is 2.14. The fourth-order valence-corrected chi connectivity index (χ4v) is 1.49. The minimum atomic E-state index is 1.22. The number of hydrogen-bond acceptors (Lipinski definition) is 1. The predicted octanol–water partition coefficient (Wildman–Crippen LogP) is 5.12. The number of aryl methyl sites for hydroxylation is 2. The fourth-order valence-electron chi connectivity index (χ4n) is 1.49. The van der Waals surface area contributed by atoms with Crippen molar-refractivity contribution in [3.8, 4) is 0 Å². The van der Waals surface area contributed by atoms with Crippen molar-refractivity contribution in [2.75, 3.05) is 0 Å². The average molecular weight is 238 g/mol. The molecule has 1 nitrogen and oxygen atoms in total. The Balaban J connectivity index is -0.000000285. The van der Waals surface area contributed by atoms with Crippen molar-refractivity contribution in [1.82, 2.24) is 0 Å². The lowest BCUT2D eigenvalue weighted by atomic mass is 9.99. The summed E-state index contributed by atoms with van der Waals surface area (Å²) in [5.74, 6) is 0. The minimum Gasteiger partial charge on any atom is -0.307 e. The molecule has 1 aromatic rings. The van der Waals surface area contributed by atoms with Crippen LogP contribution >= 0.6 is 0 Å². The van der Waals surface area contributed by atoms with Crippen molar-refractivity contribution < 1.29 is 4.79 Å². The van der Waals surface area contributed by atoms with Gasteiger partial charge in [-0.05, 0) is 37.0 Å². The molecule has 0 heterocycles. The molecule has 0 radical (unpaired) electrons. The van der Waals surface area contributed by atoms with Gasteiger partial charge in [-0.1, -0.05) is 59.2 Å². The third-order valence-electron chi connectivity index (χ3n) is 2.14. The van der Waals surface area contributed by atoms with E-state index >= 15 is 0 Å². The van der Waals surface area contributed by atoms with E-state index in [1.54, 1.807) is 0 Å². The molecule has 0 bridgehead atoms. The van der Waals surface area contributed by atoms with Gasteiger partial charge in [0.25, 0.3) is 0 Å². The van der Waals surface area contributed by atoms with E-state index in [4.69, 9.17) is 4.79 Å². The molecule has 0 aliphatic heterocycles. The van der Waals surface area contributed by atoms with E-state index in [2.05, 4.69) is 39.0 Å². The molecule has 1 rings (SSSR count). The van der Waals surface area contributed by atoms with Crippen LogP contribution in [0.25, 0.3) is 0 Å². The third kappa shape index (κ3) is 9.80. The van der Waals surface area contributed by atoms with Crippen molar-refractivity contribution in [2.24, 2.45) is 0 Å². The third-order valence-corrected chi connectivity index (χ3v) is 2.14. The first-order chi connectivity index (χ1) is 8.25. The Hall–Kier alpha value is -1.11. The molecule has 100 valence electrons. The van der Waals surface area contributed by atoms with Crippen LogP contribution in [0, 0.1) is 13.8 Å². The zero-order valence-electron chi connectivity index (χ0n) is 12.8. The van der Waals surface area contributed by atoms with E-state index in [1.807, 2.05) is 34.5 Å². The number of rotatable bonds is 2. The number of carbonyl (C=O) groups is 1. The van der Waals surface area contributed by atoms with Gasteiger partial charge in [0, 0.05) is 0 Å². The van der Waals surface area contributed by atoms with Crippen LogP contribution in [0.4, 0.5) is 0 Å². The molecule has 17 heavy (non-hydrogen) atoms. The molecule has 0 aromatic heterocycles. The zero-order valence-corrected chi connectivity index (χ0v) is 12.8. The van der Waals surface area contributed by atoms with Crippen LogP contribution in [0.1, 0.15) is 57.7 Å². The number of hydrogen-bond donors (Lipinski definition) is 0. The lowest BCUT2D eigenvalue weighted by Gasteiger charge is -2.06. The topological polar surface area (TPSA) is 17.1 Å². The molecule has 1 aromatic carbocycles. The van der Waals surface area contributed by atoms with Gasteiger partial charge in [-0.3, -0.25) is 0 Å². The Labute approximate surface area is 108 Å². The maximum Gasteiger partial charge on any atom is 0.106 e. The first kappa shape index (κ1) is 21.2. The largest absolute Gasteiger partial charge is 0.307 e. The van der Waals surface area contributed by atoms with Crippen LogP contribution in [0.3, 0.4) is 0 Å². The summed E-state index contributed by atoms with van der Waals surface area (Å²) in [6.45, 7) is 16.6. The zero-order chi connectivity index (χ0) is 14.3. The van der Waals surface area contributed by atoms with Gasteiger partial charge in [-0.25, -0.2) is 0 Å². The summed E-state index contributed by atoms with van der Waals surface area (Å²) in [6, 6.07) is 6.51. The number of carbonyl (C=O) groups excluding carboxylic acids is 1. The Bertz CT molecular complexity index is 233. The minimum absolute atomic E-state index is 1.22. The Kier molecular flexibility index (Phi) is 21.6. The van der Waals surface area contributed by atoms with Gasteiger partial charge in [-0.2, -0.15) is 0 Å². The van der Waals surface area contributed by atoms with Crippen molar-refractivity contribution in [1.29, 1.82) is 0 Å². The van der Waals surface area contributed by atoms with Crippen LogP contribution in [0.15, 0.2) is 18.2 Å². The lowest BCUT2D eigenvalue weighted by Crippen LogP contribution is -1.91. The standard InChI is InChI=1S/C11H16.2C2H6.CH2O/c1-4-6-11-9(2)7-5-8-10(11)3;3*1-2/h5,7-8H,4,6H2,1-3H3;2*1-2H3;1H2. The molecule has 0 amide bonds. The summed E-state index contributed by atoms with van der Waals surface area (Å²) in [5, 5.41) is 0. The summed E-state index contributed by atoms with van der Waals surface area (Å²) in [4.78, 5) is 8.00. The quantitative estimate of drug-likeness (QED) is 0.698. The monoisotopic (exact) mass is 238 g/mol. The second kappa shape index (κ2) is 17.3. The van der Waals surface area contributed by atoms with Gasteiger partial charge in [0.15, 0.2) is 0 Å². The van der Waals surface area contributed by atoms with Crippen molar-refractivity contribution in [3.63, 3.8) is 0 Å². The maximum absolute atomic E-state index is 8.00. The van der Waals surface area contributed by atoms with Crippen LogP contribution in [-0.4, -0.2) is 6.79 Å². The molecular weight excluding hydrogens is 208 g/mol. The smallest absolute Gasteiger partial charge is 0.106 e. The Morgan fingerprint density at radius 3 is 1.59 bits per heavy atom. The van der Waals surface area contributed by atoms with E-state index in [0.717, 1.165) is 0 Å². The molecule has 0 aliphatic rings. The summed E-state index contributed by atoms with van der Waals surface area (Å²) >= 11 is 0. The lowest BCUT2D eigenvalue weighted by molar-refractivity contribution is -0.0979. The highest BCUT2D eigenvalue weighted by atomic mass is 16.1. The Morgan fingerprint density at radius 2 is 1.29 bits per heavy atom. The van der Waals surface area contributed by atoms with Gasteiger partial charge < -0.3 is 4.79 Å². The highest BCUT2D eigenvalue weighted by molar-refractivity contribution is 5.33. The molecule has 0 unspecified atom stereocenters. The first-order valence-electron chi connectivity index (χ1n) is 6.59. The molecule has 0 N–H and O–H groups in total. The van der Waals surface area contributed by atoms with Gasteiger partial charge in [0.1, 0.15) is 6.79 Å². The maximum atomic E-state index is 8.00. The normalized spacial score (nSPS) is 7.47. The van der Waals surface area contributed by atoms with Gasteiger partial charge >= 0.3 is 0 Å². The summed E-state index contributed by atoms with van der Waals surface area (Å²) < 4.78 is 0. The van der Waals surface area contributed by atoms with Crippen LogP contribution in [0.5, 0.6) is 0 Å². The molecular formula is C16H30O. The van der Waals surface area contributed by atoms with Gasteiger partial charge in [0.05, 0.1) is 0 Å². The summed E-state index contributed by atoms with van der Waals surface area (Å²) in [5.41, 5.74) is 4.41. The summed E-state index contributed by atoms with van der Waals surface area (Å²) in [6.07, 6.45) is 2.46. The SMILES string of the molecule is C=O.CC.CC.CCCc1c(C)cccc1C. The van der Waals surface area contributed by atoms with Crippen LogP contribution < -0.4 is 0 Å². The van der Waals surface area contributed by atoms with Gasteiger partial charge in [-0.15, -0.1) is 0 Å². The number of benzene rings is 1. The second-order valence-electron chi connectivity index (χ2n) is 3.12. The van der Waals surface area contributed by atoms with Gasteiger partial charge in [0.2, 0.25) is 0 Å². The summed E-state index contributed by atoms with van der Waals surface area (Å²) in [7, 11) is 0. The average Bonchev–Trinajstić information content (AvgIpc) is 2.41. The first-order valence-corrected chi connectivity index (χ1v) is 6.59. The van der Waals surface area contributed by atoms with E-state index in [1.165, 1.54) is 29.5 Å². The predicted molar refractivity (Wildman–Crippen MR) is 79.7 cm³/mol. The fraction of sp³-hybridized carbons (Fsp3) is 0.562. The molecule has 0 fully saturated rings. The van der Waals surface area contributed by atoms with Crippen molar-refractivity contribution in [3.05, 3.63) is 34.9 Å². The van der Waals surface area contributed by atoms with Crippen LogP contribution in [0.2, 0.25) is 0 Å². The van der Waals surface area contributed by atoms with E-state index in [-0.39, 0.29) is 0 Å². The van der Waals surface area contributed by atoms with Crippen LogP contribution in [-0.2, 0) is 11.2 Å². The molecule has 1 heteroatoms. The molecule has 0 saturated carbocycles. The van der Waals surface area contributed by atoms with E-state index in [9.17, 15) is 0 Å². The molecule has 0 atom stereocenters. The van der Waals surface area contributed by atoms with Crippen molar-refractivity contribution >= 4 is 6.79 Å². The van der Waals surface area contributed by atoms with Crippen molar-refractivity contribution in [2.45, 2.75) is 61.3 Å². The van der Waals surface area contributed by atoms with E-state index < -0.39 is 0 Å². The molecule has 0 spiro atoms. The molecule has 0 saturated heterocycles. The Morgan fingerprint density at radius 1 is 0.941 bits per heavy atom. The molecule has 0 aliphatic carbocycles. The highest BCUT2D eigenvalue weighted by Gasteiger charge is 1.98. The van der Waals surface area contributed by atoms with E-state index in [0.29, 0.717) is 0 Å².